The number of nitrogens with zero attached hydrogens (tertiary/aromatic N) is 1. The lowest BCUT2D eigenvalue weighted by Gasteiger charge is -2.32. The predicted octanol–water partition coefficient (Wildman–Crippen LogP) is 3.49. The lowest BCUT2D eigenvalue weighted by Crippen LogP contribution is -2.33. The first-order valence-corrected chi connectivity index (χ1v) is 7.64. The Balaban J connectivity index is 1.76. The van der Waals surface area contributed by atoms with E-state index in [-0.39, 0.29) is 6.42 Å². The lowest BCUT2D eigenvalue weighted by atomic mass is 9.89. The molecule has 3 nitrogen and oxygen atoms in total. The van der Waals surface area contributed by atoms with E-state index in [0.717, 1.165) is 30.5 Å². The average Bonchev–Trinajstić information content (AvgIpc) is 2.40. The van der Waals surface area contributed by atoms with Gasteiger partial charge in [0.1, 0.15) is 0 Å². The van der Waals surface area contributed by atoms with E-state index in [1.54, 1.807) is 0 Å². The third-order valence-corrected chi connectivity index (χ3v) is 4.32. The maximum Gasteiger partial charge on any atom is 0.303 e. The Labute approximate surface area is 122 Å². The Morgan fingerprint density at radius 1 is 1.26 bits per heavy atom. The Hall–Kier alpha value is -0.870. The van der Waals surface area contributed by atoms with Crippen LogP contribution in [0, 0.1) is 0 Å². The van der Waals surface area contributed by atoms with Crippen molar-refractivity contribution < 1.29 is 9.90 Å². The van der Waals surface area contributed by atoms with Gasteiger partial charge in [-0.2, -0.15) is 0 Å². The molecule has 0 unspecified atom stereocenters. The summed E-state index contributed by atoms with van der Waals surface area (Å²) in [6.45, 7) is 3.08. The number of piperidine rings is 1. The maximum atomic E-state index is 10.5. The monoisotopic (exact) mass is 325 g/mol. The minimum Gasteiger partial charge on any atom is -0.481 e. The summed E-state index contributed by atoms with van der Waals surface area (Å²) >= 11 is 3.46. The molecule has 1 N–H and O–H groups in total. The molecule has 1 aliphatic heterocycles. The van der Waals surface area contributed by atoms with Crippen LogP contribution in [0.3, 0.4) is 0 Å². The molecular formula is C15H20BrNO2. The van der Waals surface area contributed by atoms with Gasteiger partial charge in [0.15, 0.2) is 0 Å². The molecule has 0 atom stereocenters. The second kappa shape index (κ2) is 7.06. The first-order chi connectivity index (χ1) is 9.15. The Bertz CT molecular complexity index is 411. The highest BCUT2D eigenvalue weighted by molar-refractivity contribution is 9.10. The van der Waals surface area contributed by atoms with Gasteiger partial charge in [-0.05, 0) is 62.5 Å². The molecule has 4 heteroatoms. The number of carboxylic acids is 1. The molecule has 2 rings (SSSR count). The first kappa shape index (κ1) is 14.5. The van der Waals surface area contributed by atoms with Crippen molar-refractivity contribution in [1.82, 2.24) is 4.90 Å². The van der Waals surface area contributed by atoms with Gasteiger partial charge in [0.2, 0.25) is 0 Å². The summed E-state index contributed by atoms with van der Waals surface area (Å²) in [5.41, 5.74) is 1.42. The molecule has 1 aromatic rings. The van der Waals surface area contributed by atoms with Crippen LogP contribution in [0.4, 0.5) is 0 Å². The largest absolute Gasteiger partial charge is 0.481 e. The van der Waals surface area contributed by atoms with Crippen molar-refractivity contribution in [3.63, 3.8) is 0 Å². The zero-order chi connectivity index (χ0) is 13.7. The third-order valence-electron chi connectivity index (χ3n) is 3.79. The van der Waals surface area contributed by atoms with Crippen molar-refractivity contribution in [2.24, 2.45) is 0 Å². The van der Waals surface area contributed by atoms with Crippen LogP contribution in [0.25, 0.3) is 0 Å². The molecule has 0 amide bonds. The normalized spacial score (nSPS) is 17.5. The molecule has 0 bridgehead atoms. The quantitative estimate of drug-likeness (QED) is 0.900. The first-order valence-electron chi connectivity index (χ1n) is 6.85. The molecule has 0 aliphatic carbocycles. The fraction of sp³-hybridized carbons (Fsp3) is 0.533. The molecule has 1 aromatic carbocycles. The van der Waals surface area contributed by atoms with E-state index in [1.165, 1.54) is 18.4 Å². The number of halogens is 1. The SMILES string of the molecule is O=C(O)CCCN1CCC(c2ccc(Br)cc2)CC1. The van der Waals surface area contributed by atoms with Crippen molar-refractivity contribution in [3.8, 4) is 0 Å². The van der Waals surface area contributed by atoms with Crippen LogP contribution in [0.15, 0.2) is 28.7 Å². The fourth-order valence-corrected chi connectivity index (χ4v) is 2.94. The maximum absolute atomic E-state index is 10.5. The average molecular weight is 326 g/mol. The highest BCUT2D eigenvalue weighted by Gasteiger charge is 2.20. The van der Waals surface area contributed by atoms with E-state index < -0.39 is 5.97 Å². The van der Waals surface area contributed by atoms with Crippen LogP contribution >= 0.6 is 15.9 Å². The Kier molecular flexibility index (Phi) is 5.40. The van der Waals surface area contributed by atoms with E-state index in [0.29, 0.717) is 5.92 Å². The number of hydrogen-bond acceptors (Lipinski definition) is 2. The van der Waals surface area contributed by atoms with Crippen molar-refractivity contribution in [2.45, 2.75) is 31.6 Å². The molecule has 1 fully saturated rings. The van der Waals surface area contributed by atoms with Crippen LogP contribution in [0.5, 0.6) is 0 Å². The van der Waals surface area contributed by atoms with Gasteiger partial charge in [-0.1, -0.05) is 28.1 Å². The topological polar surface area (TPSA) is 40.5 Å². The van der Waals surface area contributed by atoms with Gasteiger partial charge in [-0.25, -0.2) is 0 Å². The van der Waals surface area contributed by atoms with E-state index in [4.69, 9.17) is 5.11 Å². The smallest absolute Gasteiger partial charge is 0.303 e. The summed E-state index contributed by atoms with van der Waals surface area (Å²) < 4.78 is 1.13. The van der Waals surface area contributed by atoms with Crippen LogP contribution in [-0.4, -0.2) is 35.6 Å². The van der Waals surface area contributed by atoms with Crippen molar-refractivity contribution in [3.05, 3.63) is 34.3 Å². The second-order valence-corrected chi connectivity index (χ2v) is 6.08. The summed E-state index contributed by atoms with van der Waals surface area (Å²) in [6.07, 6.45) is 3.40. The summed E-state index contributed by atoms with van der Waals surface area (Å²) in [7, 11) is 0. The van der Waals surface area contributed by atoms with Crippen LogP contribution in [-0.2, 0) is 4.79 Å². The van der Waals surface area contributed by atoms with Crippen LogP contribution < -0.4 is 0 Å². The predicted molar refractivity (Wildman–Crippen MR) is 79.4 cm³/mol. The number of aliphatic carboxylic acids is 1. The van der Waals surface area contributed by atoms with Gasteiger partial charge in [0, 0.05) is 10.9 Å². The number of carboxylic acid groups (broad SMARTS) is 1. The second-order valence-electron chi connectivity index (χ2n) is 5.16. The molecule has 0 radical (unpaired) electrons. The van der Waals surface area contributed by atoms with Crippen molar-refractivity contribution >= 4 is 21.9 Å². The highest BCUT2D eigenvalue weighted by atomic mass is 79.9. The number of carbonyl (C=O) groups is 1. The summed E-state index contributed by atoms with van der Waals surface area (Å²) in [5, 5.41) is 8.63. The molecule has 1 heterocycles. The molecule has 0 saturated carbocycles. The fourth-order valence-electron chi connectivity index (χ4n) is 2.68. The molecule has 0 aromatic heterocycles. The summed E-state index contributed by atoms with van der Waals surface area (Å²) in [6, 6.07) is 8.62. The molecular weight excluding hydrogens is 306 g/mol. The van der Waals surface area contributed by atoms with Gasteiger partial charge < -0.3 is 10.0 Å². The van der Waals surface area contributed by atoms with Crippen LogP contribution in [0.1, 0.15) is 37.2 Å². The van der Waals surface area contributed by atoms with Crippen molar-refractivity contribution in [2.75, 3.05) is 19.6 Å². The van der Waals surface area contributed by atoms with E-state index >= 15 is 0 Å². The van der Waals surface area contributed by atoms with Crippen LogP contribution in [0.2, 0.25) is 0 Å². The Morgan fingerprint density at radius 2 is 1.89 bits per heavy atom. The van der Waals surface area contributed by atoms with Gasteiger partial charge in [-0.15, -0.1) is 0 Å². The number of rotatable bonds is 5. The molecule has 0 spiro atoms. The number of hydrogen-bond donors (Lipinski definition) is 1. The van der Waals surface area contributed by atoms with E-state index in [1.807, 2.05) is 0 Å². The van der Waals surface area contributed by atoms with E-state index in [9.17, 15) is 4.79 Å². The van der Waals surface area contributed by atoms with E-state index in [2.05, 4.69) is 45.1 Å². The summed E-state index contributed by atoms with van der Waals surface area (Å²) in [5.74, 6) is -0.0337. The minimum absolute atomic E-state index is 0.284. The zero-order valence-corrected chi connectivity index (χ0v) is 12.6. The molecule has 19 heavy (non-hydrogen) atoms. The zero-order valence-electron chi connectivity index (χ0n) is 11.0. The van der Waals surface area contributed by atoms with Gasteiger partial charge in [0.25, 0.3) is 0 Å². The lowest BCUT2D eigenvalue weighted by molar-refractivity contribution is -0.137. The Morgan fingerprint density at radius 3 is 2.47 bits per heavy atom. The standard InChI is InChI=1S/C15H20BrNO2/c16-14-5-3-12(4-6-14)13-7-10-17(11-8-13)9-1-2-15(18)19/h3-6,13H,1-2,7-11H2,(H,18,19). The van der Waals surface area contributed by atoms with Gasteiger partial charge >= 0.3 is 5.97 Å². The molecule has 1 saturated heterocycles. The molecule has 104 valence electrons. The molecule has 1 aliphatic rings. The minimum atomic E-state index is -0.690. The van der Waals surface area contributed by atoms with Gasteiger partial charge in [-0.3, -0.25) is 4.79 Å². The number of likely N-dealkylation sites (tertiary alicyclic amines) is 1. The van der Waals surface area contributed by atoms with Crippen molar-refractivity contribution in [1.29, 1.82) is 0 Å². The third kappa shape index (κ3) is 4.62. The highest BCUT2D eigenvalue weighted by Crippen LogP contribution is 2.28. The number of benzene rings is 1. The summed E-state index contributed by atoms with van der Waals surface area (Å²) in [4.78, 5) is 12.9. The van der Waals surface area contributed by atoms with Gasteiger partial charge in [0.05, 0.1) is 0 Å².